The van der Waals surface area contributed by atoms with Gasteiger partial charge in [0.05, 0.1) is 0 Å². The van der Waals surface area contributed by atoms with Crippen molar-refractivity contribution in [2.75, 3.05) is 11.9 Å². The topological polar surface area (TPSA) is 37.8 Å². The van der Waals surface area contributed by atoms with Gasteiger partial charge in [0.15, 0.2) is 0 Å². The molecule has 102 valence electrons. The predicted octanol–water partition coefficient (Wildman–Crippen LogP) is 3.77. The first-order valence-electron chi connectivity index (χ1n) is 5.74. The highest BCUT2D eigenvalue weighted by Crippen LogP contribution is 2.33. The fraction of sp³-hybridized carbons (Fsp3) is 0.800. The second-order valence-electron chi connectivity index (χ2n) is 4.42. The van der Waals surface area contributed by atoms with E-state index in [1.807, 2.05) is 0 Å². The van der Waals surface area contributed by atoms with Gasteiger partial charge in [-0.2, -0.15) is 13.2 Å². The zero-order valence-electron chi connectivity index (χ0n) is 9.50. The minimum absolute atomic E-state index is 0.186. The Kier molecular flexibility index (Phi) is 4.32. The van der Waals surface area contributed by atoms with E-state index in [0.717, 1.165) is 25.7 Å². The molecular weight excluding hydrogens is 287 g/mol. The fourth-order valence-corrected chi connectivity index (χ4v) is 3.08. The molecule has 1 aliphatic carbocycles. The average molecular weight is 300 g/mol. The molecule has 1 fully saturated rings. The highest BCUT2D eigenvalue weighted by atomic mass is 35.5. The van der Waals surface area contributed by atoms with E-state index in [-0.39, 0.29) is 10.5 Å². The molecule has 0 amide bonds. The first kappa shape index (κ1) is 13.9. The van der Waals surface area contributed by atoms with Gasteiger partial charge in [-0.05, 0) is 25.2 Å². The third-order valence-electron chi connectivity index (χ3n) is 2.93. The highest BCUT2D eigenvalue weighted by molar-refractivity contribution is 7.15. The summed E-state index contributed by atoms with van der Waals surface area (Å²) < 4.78 is 36.9. The molecule has 2 unspecified atom stereocenters. The van der Waals surface area contributed by atoms with Crippen LogP contribution in [-0.4, -0.2) is 22.1 Å². The molecule has 1 saturated carbocycles. The van der Waals surface area contributed by atoms with E-state index in [4.69, 9.17) is 11.6 Å². The van der Waals surface area contributed by atoms with Gasteiger partial charge in [0.2, 0.25) is 10.1 Å². The predicted molar refractivity (Wildman–Crippen MR) is 65.0 cm³/mol. The van der Waals surface area contributed by atoms with Gasteiger partial charge in [0.1, 0.15) is 0 Å². The molecule has 0 aromatic carbocycles. The van der Waals surface area contributed by atoms with Crippen LogP contribution in [0.3, 0.4) is 0 Å². The Balaban J connectivity index is 1.85. The summed E-state index contributed by atoms with van der Waals surface area (Å²) in [5.41, 5.74) is 0. The lowest BCUT2D eigenvalue weighted by molar-refractivity contribution is -0.138. The van der Waals surface area contributed by atoms with Crippen molar-refractivity contribution in [2.45, 2.75) is 37.2 Å². The Labute approximate surface area is 112 Å². The maximum Gasteiger partial charge on any atom is 0.445 e. The van der Waals surface area contributed by atoms with E-state index in [0.29, 0.717) is 23.8 Å². The largest absolute Gasteiger partial charge is 0.445 e. The fourth-order valence-electron chi connectivity index (χ4n) is 2.05. The Morgan fingerprint density at radius 2 is 2.11 bits per heavy atom. The molecule has 0 saturated heterocycles. The number of nitrogens with one attached hydrogen (secondary N) is 1. The van der Waals surface area contributed by atoms with Gasteiger partial charge in [-0.25, -0.2) is 0 Å². The summed E-state index contributed by atoms with van der Waals surface area (Å²) in [7, 11) is 0. The monoisotopic (exact) mass is 299 g/mol. The minimum Gasteiger partial charge on any atom is -0.360 e. The zero-order valence-corrected chi connectivity index (χ0v) is 11.1. The smallest absolute Gasteiger partial charge is 0.360 e. The van der Waals surface area contributed by atoms with Crippen molar-refractivity contribution in [3.05, 3.63) is 5.01 Å². The van der Waals surface area contributed by atoms with Crippen LogP contribution < -0.4 is 5.32 Å². The van der Waals surface area contributed by atoms with E-state index < -0.39 is 11.2 Å². The van der Waals surface area contributed by atoms with Gasteiger partial charge >= 0.3 is 6.18 Å². The van der Waals surface area contributed by atoms with E-state index in [9.17, 15) is 13.2 Å². The summed E-state index contributed by atoms with van der Waals surface area (Å²) in [6.07, 6.45) is -0.357. The SMILES string of the molecule is FC(F)(F)c1nnc(NCC2CCCC(Cl)C2)s1. The Bertz CT molecular complexity index is 396. The van der Waals surface area contributed by atoms with Gasteiger partial charge < -0.3 is 5.32 Å². The molecule has 2 atom stereocenters. The molecule has 18 heavy (non-hydrogen) atoms. The van der Waals surface area contributed by atoms with Crippen molar-refractivity contribution < 1.29 is 13.2 Å². The maximum atomic E-state index is 12.3. The number of alkyl halides is 4. The number of hydrogen-bond donors (Lipinski definition) is 1. The van der Waals surface area contributed by atoms with Crippen LogP contribution >= 0.6 is 22.9 Å². The molecule has 1 aromatic heterocycles. The number of halogens is 4. The van der Waals surface area contributed by atoms with Gasteiger partial charge in [-0.1, -0.05) is 17.8 Å². The molecular formula is C10H13ClF3N3S. The molecule has 8 heteroatoms. The standard InChI is InChI=1S/C10H13ClF3N3S/c11-7-3-1-2-6(4-7)5-15-9-17-16-8(18-9)10(12,13)14/h6-7H,1-5H2,(H,15,17). The van der Waals surface area contributed by atoms with Crippen molar-refractivity contribution in [1.82, 2.24) is 10.2 Å². The van der Waals surface area contributed by atoms with E-state index in [1.54, 1.807) is 0 Å². The molecule has 1 heterocycles. The van der Waals surface area contributed by atoms with Gasteiger partial charge in [0, 0.05) is 11.9 Å². The maximum absolute atomic E-state index is 12.3. The summed E-state index contributed by atoms with van der Waals surface area (Å²) in [6.45, 7) is 0.607. The number of nitrogens with zero attached hydrogens (tertiary/aromatic N) is 2. The van der Waals surface area contributed by atoms with Crippen molar-refractivity contribution in [3.63, 3.8) is 0 Å². The zero-order chi connectivity index (χ0) is 13.2. The third kappa shape index (κ3) is 3.71. The average Bonchev–Trinajstić information content (AvgIpc) is 2.74. The van der Waals surface area contributed by atoms with Crippen molar-refractivity contribution in [2.24, 2.45) is 5.92 Å². The lowest BCUT2D eigenvalue weighted by atomic mass is 9.89. The van der Waals surface area contributed by atoms with Crippen LogP contribution in [0.5, 0.6) is 0 Å². The van der Waals surface area contributed by atoms with Gasteiger partial charge in [0.25, 0.3) is 0 Å². The summed E-state index contributed by atoms with van der Waals surface area (Å²) in [6, 6.07) is 0. The van der Waals surface area contributed by atoms with Crippen molar-refractivity contribution in [3.8, 4) is 0 Å². The van der Waals surface area contributed by atoms with E-state index >= 15 is 0 Å². The molecule has 3 nitrogen and oxygen atoms in total. The second-order valence-corrected chi connectivity index (χ2v) is 6.02. The van der Waals surface area contributed by atoms with Crippen LogP contribution in [0.4, 0.5) is 18.3 Å². The molecule has 1 N–H and O–H groups in total. The van der Waals surface area contributed by atoms with Crippen molar-refractivity contribution >= 4 is 28.1 Å². The van der Waals surface area contributed by atoms with Crippen LogP contribution in [-0.2, 0) is 6.18 Å². The lowest BCUT2D eigenvalue weighted by Crippen LogP contribution is -2.22. The summed E-state index contributed by atoms with van der Waals surface area (Å²) in [4.78, 5) is 0. The van der Waals surface area contributed by atoms with Crippen LogP contribution in [0.1, 0.15) is 30.7 Å². The van der Waals surface area contributed by atoms with Gasteiger partial charge in [-0.15, -0.1) is 21.8 Å². The molecule has 1 aliphatic rings. The second kappa shape index (κ2) is 5.61. The van der Waals surface area contributed by atoms with Crippen LogP contribution in [0.15, 0.2) is 0 Å². The van der Waals surface area contributed by atoms with Crippen LogP contribution in [0, 0.1) is 5.92 Å². The number of aromatic nitrogens is 2. The van der Waals surface area contributed by atoms with Crippen molar-refractivity contribution in [1.29, 1.82) is 0 Å². The van der Waals surface area contributed by atoms with E-state index in [1.165, 1.54) is 0 Å². The summed E-state index contributed by atoms with van der Waals surface area (Å²) >= 11 is 6.59. The third-order valence-corrected chi connectivity index (χ3v) is 4.25. The van der Waals surface area contributed by atoms with Crippen LogP contribution in [0.2, 0.25) is 0 Å². The molecule has 0 spiro atoms. The first-order valence-corrected chi connectivity index (χ1v) is 6.99. The Hall–Kier alpha value is -0.560. The molecule has 0 radical (unpaired) electrons. The molecule has 1 aromatic rings. The number of hydrogen-bond acceptors (Lipinski definition) is 4. The normalized spacial score (nSPS) is 25.1. The van der Waals surface area contributed by atoms with Crippen LogP contribution in [0.25, 0.3) is 0 Å². The minimum atomic E-state index is -4.41. The number of rotatable bonds is 3. The summed E-state index contributed by atoms with van der Waals surface area (Å²) in [5.74, 6) is 0.402. The molecule has 0 aliphatic heterocycles. The quantitative estimate of drug-likeness (QED) is 0.864. The highest BCUT2D eigenvalue weighted by Gasteiger charge is 2.35. The lowest BCUT2D eigenvalue weighted by Gasteiger charge is -2.25. The summed E-state index contributed by atoms with van der Waals surface area (Å²) in [5, 5.41) is 9.02. The van der Waals surface area contributed by atoms with E-state index in [2.05, 4.69) is 15.5 Å². The van der Waals surface area contributed by atoms with Gasteiger partial charge in [-0.3, -0.25) is 0 Å². The first-order chi connectivity index (χ1) is 8.45. The Morgan fingerprint density at radius 3 is 2.72 bits per heavy atom. The molecule has 0 bridgehead atoms. The molecule has 2 rings (SSSR count). The number of anilines is 1. The Morgan fingerprint density at radius 1 is 1.33 bits per heavy atom.